The molecule has 0 aliphatic carbocycles. The van der Waals surface area contributed by atoms with Gasteiger partial charge in [-0.1, -0.05) is 20.8 Å². The summed E-state index contributed by atoms with van der Waals surface area (Å²) < 4.78 is 0. The maximum Gasteiger partial charge on any atom is 0.222 e. The fraction of sp³-hybridized carbons (Fsp3) is 0.500. The second kappa shape index (κ2) is 8.25. The zero-order chi connectivity index (χ0) is 18.5. The molecule has 6 nitrogen and oxygen atoms in total. The molecule has 1 atom stereocenters. The number of amides is 1. The van der Waals surface area contributed by atoms with Gasteiger partial charge in [-0.25, -0.2) is 9.97 Å². The Morgan fingerprint density at radius 3 is 2.77 bits per heavy atom. The maximum atomic E-state index is 12.0. The average molecular weight is 353 g/mol. The Morgan fingerprint density at radius 1 is 1.31 bits per heavy atom. The van der Waals surface area contributed by atoms with Gasteiger partial charge in [0.05, 0.1) is 0 Å². The fourth-order valence-electron chi connectivity index (χ4n) is 3.13. The lowest BCUT2D eigenvalue weighted by Crippen LogP contribution is -2.49. The van der Waals surface area contributed by atoms with Crippen LogP contribution < -0.4 is 10.2 Å². The van der Waals surface area contributed by atoms with Crippen LogP contribution in [0.3, 0.4) is 0 Å². The normalized spacial score (nSPS) is 17.4. The third-order valence-electron chi connectivity index (χ3n) is 4.68. The minimum Gasteiger partial charge on any atom is -0.354 e. The molecule has 0 saturated carbocycles. The lowest BCUT2D eigenvalue weighted by Gasteiger charge is -2.34. The molecule has 0 spiro atoms. The highest BCUT2D eigenvalue weighted by Gasteiger charge is 2.24. The number of hydrogen-bond donors (Lipinski definition) is 1. The maximum absolute atomic E-state index is 12.0. The molecule has 3 rings (SSSR count). The molecule has 1 aliphatic rings. The Morgan fingerprint density at radius 2 is 2.08 bits per heavy atom. The molecule has 1 saturated heterocycles. The summed E-state index contributed by atoms with van der Waals surface area (Å²) in [7, 11) is 0. The lowest BCUT2D eigenvalue weighted by atomic mass is 10.0. The minimum atomic E-state index is 0.00872. The Bertz CT molecular complexity index is 747. The predicted molar refractivity (Wildman–Crippen MR) is 103 cm³/mol. The second-order valence-corrected chi connectivity index (χ2v) is 7.08. The van der Waals surface area contributed by atoms with Crippen molar-refractivity contribution >= 4 is 11.7 Å². The number of pyridine rings is 1. The van der Waals surface area contributed by atoms with Gasteiger partial charge in [0.25, 0.3) is 0 Å². The topological polar surface area (TPSA) is 71.0 Å². The number of nitrogens with one attached hydrogen (secondary N) is 1. The molecule has 2 aromatic rings. The molecule has 26 heavy (non-hydrogen) atoms. The summed E-state index contributed by atoms with van der Waals surface area (Å²) in [6.07, 6.45) is 6.43. The molecule has 1 amide bonds. The number of carbonyl (C=O) groups excluding carboxylic acids is 1. The van der Waals surface area contributed by atoms with Gasteiger partial charge in [-0.3, -0.25) is 9.78 Å². The molecule has 6 heteroatoms. The molecule has 1 fully saturated rings. The first-order valence-corrected chi connectivity index (χ1v) is 9.40. The van der Waals surface area contributed by atoms with Crippen molar-refractivity contribution in [3.8, 4) is 11.4 Å². The van der Waals surface area contributed by atoms with E-state index in [0.29, 0.717) is 0 Å². The monoisotopic (exact) mass is 353 g/mol. The number of rotatable bonds is 5. The highest BCUT2D eigenvalue weighted by Crippen LogP contribution is 2.23. The van der Waals surface area contributed by atoms with E-state index < -0.39 is 0 Å². The van der Waals surface area contributed by atoms with Crippen LogP contribution in [0, 0.1) is 5.92 Å². The standard InChI is InChI=1S/C20H27N5O/c1-4-16-12-18(24-19(22-16)15-7-9-21-10-8-15)25-11-5-6-17(13-25)23-20(26)14(2)3/h7-10,12,14,17H,4-6,11,13H2,1-3H3,(H,23,26). The Labute approximate surface area is 155 Å². The van der Waals surface area contributed by atoms with Crippen LogP contribution in [0.15, 0.2) is 30.6 Å². The SMILES string of the molecule is CCc1cc(N2CCCC(NC(=O)C(C)C)C2)nc(-c2ccncc2)n1. The molecule has 138 valence electrons. The highest BCUT2D eigenvalue weighted by molar-refractivity contribution is 5.78. The number of anilines is 1. The van der Waals surface area contributed by atoms with Crippen molar-refractivity contribution < 1.29 is 4.79 Å². The van der Waals surface area contributed by atoms with E-state index in [-0.39, 0.29) is 17.9 Å². The highest BCUT2D eigenvalue weighted by atomic mass is 16.1. The molecular weight excluding hydrogens is 326 g/mol. The van der Waals surface area contributed by atoms with Crippen LogP contribution in [0.1, 0.15) is 39.3 Å². The Hall–Kier alpha value is -2.50. The summed E-state index contributed by atoms with van der Waals surface area (Å²) in [4.78, 5) is 27.8. The lowest BCUT2D eigenvalue weighted by molar-refractivity contribution is -0.124. The van der Waals surface area contributed by atoms with E-state index in [4.69, 9.17) is 4.98 Å². The number of aromatic nitrogens is 3. The summed E-state index contributed by atoms with van der Waals surface area (Å²) in [6.45, 7) is 7.69. The number of aryl methyl sites for hydroxylation is 1. The van der Waals surface area contributed by atoms with Gasteiger partial charge in [0, 0.05) is 54.8 Å². The van der Waals surface area contributed by atoms with E-state index in [2.05, 4.69) is 33.2 Å². The summed E-state index contributed by atoms with van der Waals surface area (Å²) >= 11 is 0. The average Bonchev–Trinajstić information content (AvgIpc) is 2.68. The van der Waals surface area contributed by atoms with Crippen LogP contribution in [0.5, 0.6) is 0 Å². The molecule has 1 unspecified atom stereocenters. The van der Waals surface area contributed by atoms with E-state index in [0.717, 1.165) is 55.3 Å². The van der Waals surface area contributed by atoms with Crippen molar-refractivity contribution in [3.05, 3.63) is 36.3 Å². The smallest absolute Gasteiger partial charge is 0.222 e. The van der Waals surface area contributed by atoms with Crippen molar-refractivity contribution in [2.24, 2.45) is 5.92 Å². The first-order valence-electron chi connectivity index (χ1n) is 9.40. The number of nitrogens with zero attached hydrogens (tertiary/aromatic N) is 4. The third kappa shape index (κ3) is 4.36. The van der Waals surface area contributed by atoms with Gasteiger partial charge in [0.15, 0.2) is 5.82 Å². The van der Waals surface area contributed by atoms with E-state index in [1.165, 1.54) is 0 Å². The Kier molecular flexibility index (Phi) is 5.81. The first kappa shape index (κ1) is 18.3. The number of carbonyl (C=O) groups is 1. The molecule has 1 N–H and O–H groups in total. The molecule has 3 heterocycles. The van der Waals surface area contributed by atoms with Crippen molar-refractivity contribution in [1.82, 2.24) is 20.3 Å². The molecule has 0 bridgehead atoms. The summed E-state index contributed by atoms with van der Waals surface area (Å²) in [6, 6.07) is 6.10. The number of piperidine rings is 1. The van der Waals surface area contributed by atoms with E-state index >= 15 is 0 Å². The first-order chi connectivity index (χ1) is 12.6. The molecule has 1 aliphatic heterocycles. The van der Waals surface area contributed by atoms with Crippen molar-refractivity contribution in [3.63, 3.8) is 0 Å². The third-order valence-corrected chi connectivity index (χ3v) is 4.68. The van der Waals surface area contributed by atoms with Gasteiger partial charge in [-0.2, -0.15) is 0 Å². The van der Waals surface area contributed by atoms with E-state index in [1.54, 1.807) is 12.4 Å². The van der Waals surface area contributed by atoms with Gasteiger partial charge in [0.1, 0.15) is 5.82 Å². The fourth-order valence-corrected chi connectivity index (χ4v) is 3.13. The van der Waals surface area contributed by atoms with Crippen LogP contribution in [0.4, 0.5) is 5.82 Å². The molecule has 0 radical (unpaired) electrons. The summed E-state index contributed by atoms with van der Waals surface area (Å²) in [5, 5.41) is 3.16. The van der Waals surface area contributed by atoms with Gasteiger partial charge in [0.2, 0.25) is 5.91 Å². The van der Waals surface area contributed by atoms with Crippen LogP contribution in [0.25, 0.3) is 11.4 Å². The van der Waals surface area contributed by atoms with Crippen molar-refractivity contribution in [2.45, 2.75) is 46.1 Å². The summed E-state index contributed by atoms with van der Waals surface area (Å²) in [5.41, 5.74) is 1.99. The predicted octanol–water partition coefficient (Wildman–Crippen LogP) is 2.84. The zero-order valence-electron chi connectivity index (χ0n) is 15.8. The van der Waals surface area contributed by atoms with Crippen molar-refractivity contribution in [2.75, 3.05) is 18.0 Å². The molecular formula is C20H27N5O. The van der Waals surface area contributed by atoms with Crippen LogP contribution in [-0.4, -0.2) is 40.0 Å². The van der Waals surface area contributed by atoms with Gasteiger partial charge in [-0.15, -0.1) is 0 Å². The zero-order valence-corrected chi connectivity index (χ0v) is 15.8. The van der Waals surface area contributed by atoms with E-state index in [1.807, 2.05) is 26.0 Å². The van der Waals surface area contributed by atoms with Crippen molar-refractivity contribution in [1.29, 1.82) is 0 Å². The van der Waals surface area contributed by atoms with Crippen LogP contribution in [-0.2, 0) is 11.2 Å². The Balaban J connectivity index is 1.82. The second-order valence-electron chi connectivity index (χ2n) is 7.08. The number of hydrogen-bond acceptors (Lipinski definition) is 5. The molecule has 2 aromatic heterocycles. The largest absolute Gasteiger partial charge is 0.354 e. The van der Waals surface area contributed by atoms with E-state index in [9.17, 15) is 4.79 Å². The van der Waals surface area contributed by atoms with Gasteiger partial charge in [-0.05, 0) is 31.4 Å². The molecule has 0 aromatic carbocycles. The van der Waals surface area contributed by atoms with Gasteiger partial charge < -0.3 is 10.2 Å². The quantitative estimate of drug-likeness (QED) is 0.895. The summed E-state index contributed by atoms with van der Waals surface area (Å²) in [5.74, 6) is 1.79. The van der Waals surface area contributed by atoms with Crippen LogP contribution in [0.2, 0.25) is 0 Å². The minimum absolute atomic E-state index is 0.00872. The van der Waals surface area contributed by atoms with Crippen LogP contribution >= 0.6 is 0 Å². The van der Waals surface area contributed by atoms with Gasteiger partial charge >= 0.3 is 0 Å².